The van der Waals surface area contributed by atoms with Gasteiger partial charge in [-0.15, -0.1) is 0 Å². The lowest BCUT2D eigenvalue weighted by Gasteiger charge is -2.25. The zero-order chi connectivity index (χ0) is 20.1. The lowest BCUT2D eigenvalue weighted by molar-refractivity contribution is 0.307. The molecule has 0 fully saturated rings. The van der Waals surface area contributed by atoms with Crippen molar-refractivity contribution in [3.05, 3.63) is 47.9 Å². The molecular weight excluding hydrogens is 360 g/mol. The van der Waals surface area contributed by atoms with E-state index in [1.54, 1.807) is 26.4 Å². The number of nitrogens with one attached hydrogen (secondary N) is 1. The van der Waals surface area contributed by atoms with Crippen molar-refractivity contribution in [2.45, 2.75) is 6.04 Å². The van der Waals surface area contributed by atoms with Gasteiger partial charge in [0.25, 0.3) is 5.89 Å². The van der Waals surface area contributed by atoms with E-state index < -0.39 is 0 Å². The van der Waals surface area contributed by atoms with E-state index in [4.69, 9.17) is 18.3 Å². The summed E-state index contributed by atoms with van der Waals surface area (Å²) in [6.07, 6.45) is 1.53. The van der Waals surface area contributed by atoms with Crippen LogP contribution in [-0.4, -0.2) is 44.7 Å². The number of likely N-dealkylation sites (N-methyl/N-ethyl adjacent to an activating group) is 1. The van der Waals surface area contributed by atoms with E-state index >= 15 is 0 Å². The molecule has 2 aromatic heterocycles. The standard InChI is InChI=1S/C20H22N4O4/c1-24(2)15(13-7-8-16(25-3)18(10-13)26-4)12-22-19-14(11-21)23-20(28-19)17-6-5-9-27-17/h5-10,15,22H,12H2,1-4H3/t15-/m1/s1. The normalized spacial score (nSPS) is 11.9. The number of ether oxygens (including phenoxy) is 2. The van der Waals surface area contributed by atoms with Crippen LogP contribution in [0.15, 0.2) is 45.4 Å². The minimum atomic E-state index is -0.0106. The summed E-state index contributed by atoms with van der Waals surface area (Å²) in [4.78, 5) is 6.24. The van der Waals surface area contributed by atoms with Crippen molar-refractivity contribution in [2.24, 2.45) is 0 Å². The molecule has 0 spiro atoms. The largest absolute Gasteiger partial charge is 0.493 e. The van der Waals surface area contributed by atoms with E-state index in [-0.39, 0.29) is 17.6 Å². The van der Waals surface area contributed by atoms with Gasteiger partial charge in [0.05, 0.1) is 26.5 Å². The quantitative estimate of drug-likeness (QED) is 0.632. The number of benzene rings is 1. The summed E-state index contributed by atoms with van der Waals surface area (Å²) < 4.78 is 21.7. The van der Waals surface area contributed by atoms with Gasteiger partial charge in [-0.1, -0.05) is 6.07 Å². The molecule has 2 heterocycles. The van der Waals surface area contributed by atoms with Crippen molar-refractivity contribution in [3.63, 3.8) is 0 Å². The molecule has 3 aromatic rings. The van der Waals surface area contributed by atoms with Crippen molar-refractivity contribution < 1.29 is 18.3 Å². The van der Waals surface area contributed by atoms with Crippen LogP contribution in [-0.2, 0) is 0 Å². The highest BCUT2D eigenvalue weighted by Crippen LogP contribution is 2.32. The molecule has 8 heteroatoms. The topological polar surface area (TPSA) is 96.7 Å². The van der Waals surface area contributed by atoms with Crippen molar-refractivity contribution in [3.8, 4) is 29.2 Å². The lowest BCUT2D eigenvalue weighted by atomic mass is 10.1. The van der Waals surface area contributed by atoms with Crippen molar-refractivity contribution in [2.75, 3.05) is 40.2 Å². The number of anilines is 1. The van der Waals surface area contributed by atoms with Gasteiger partial charge in [0.2, 0.25) is 11.6 Å². The molecular formula is C20H22N4O4. The summed E-state index contributed by atoms with van der Waals surface area (Å²) in [6, 6.07) is 11.3. The second kappa shape index (κ2) is 8.50. The Balaban J connectivity index is 1.82. The molecule has 1 atom stereocenters. The molecule has 3 rings (SSSR count). The molecule has 1 aromatic carbocycles. The van der Waals surface area contributed by atoms with Gasteiger partial charge in [0, 0.05) is 6.54 Å². The van der Waals surface area contributed by atoms with E-state index in [2.05, 4.69) is 15.2 Å². The number of nitriles is 1. The summed E-state index contributed by atoms with van der Waals surface area (Å²) in [6.45, 7) is 0.490. The van der Waals surface area contributed by atoms with Crippen molar-refractivity contribution >= 4 is 5.88 Å². The van der Waals surface area contributed by atoms with Crippen LogP contribution in [0.5, 0.6) is 11.5 Å². The van der Waals surface area contributed by atoms with E-state index in [0.29, 0.717) is 29.7 Å². The van der Waals surface area contributed by atoms with Crippen LogP contribution >= 0.6 is 0 Å². The van der Waals surface area contributed by atoms with Gasteiger partial charge < -0.3 is 28.5 Å². The highest BCUT2D eigenvalue weighted by molar-refractivity contribution is 5.54. The van der Waals surface area contributed by atoms with Gasteiger partial charge in [-0.3, -0.25) is 0 Å². The van der Waals surface area contributed by atoms with E-state index in [9.17, 15) is 5.26 Å². The third-order valence-electron chi connectivity index (χ3n) is 4.34. The Labute approximate surface area is 163 Å². The zero-order valence-corrected chi connectivity index (χ0v) is 16.2. The van der Waals surface area contributed by atoms with Gasteiger partial charge in [-0.05, 0) is 43.9 Å². The first-order valence-corrected chi connectivity index (χ1v) is 8.64. The number of aromatic nitrogens is 1. The van der Waals surface area contributed by atoms with Crippen molar-refractivity contribution in [1.82, 2.24) is 9.88 Å². The maximum Gasteiger partial charge on any atom is 0.266 e. The smallest absolute Gasteiger partial charge is 0.266 e. The number of hydrogen-bond acceptors (Lipinski definition) is 8. The SMILES string of the molecule is COc1ccc([C@@H](CNc2oc(-c3ccco3)nc2C#N)N(C)C)cc1OC. The third-order valence-corrected chi connectivity index (χ3v) is 4.34. The summed E-state index contributed by atoms with van der Waals surface area (Å²) >= 11 is 0. The predicted molar refractivity (Wildman–Crippen MR) is 103 cm³/mol. The molecule has 0 aliphatic heterocycles. The number of methoxy groups -OCH3 is 2. The number of oxazole rings is 1. The maximum atomic E-state index is 9.36. The average molecular weight is 382 g/mol. The fourth-order valence-electron chi connectivity index (χ4n) is 2.87. The van der Waals surface area contributed by atoms with Gasteiger partial charge >= 0.3 is 0 Å². The first-order valence-electron chi connectivity index (χ1n) is 8.64. The minimum absolute atomic E-state index is 0.0106. The van der Waals surface area contributed by atoms with E-state index in [1.165, 1.54) is 6.26 Å². The molecule has 0 bridgehead atoms. The van der Waals surface area contributed by atoms with Crippen molar-refractivity contribution in [1.29, 1.82) is 5.26 Å². The number of hydrogen-bond donors (Lipinski definition) is 1. The van der Waals surface area contributed by atoms with Gasteiger partial charge in [-0.25, -0.2) is 0 Å². The Kier molecular flexibility index (Phi) is 5.87. The molecule has 8 nitrogen and oxygen atoms in total. The first kappa shape index (κ1) is 19.3. The monoisotopic (exact) mass is 382 g/mol. The molecule has 0 saturated carbocycles. The Hall–Kier alpha value is -3.44. The van der Waals surface area contributed by atoms with Crippen LogP contribution in [0.2, 0.25) is 0 Å². The van der Waals surface area contributed by atoms with Crippen LogP contribution in [0.4, 0.5) is 5.88 Å². The fraction of sp³-hybridized carbons (Fsp3) is 0.300. The minimum Gasteiger partial charge on any atom is -0.493 e. The van der Waals surface area contributed by atoms with Gasteiger partial charge in [0.15, 0.2) is 17.3 Å². The Morgan fingerprint density at radius 2 is 2.00 bits per heavy atom. The molecule has 0 unspecified atom stereocenters. The highest BCUT2D eigenvalue weighted by atomic mass is 16.5. The number of rotatable bonds is 8. The van der Waals surface area contributed by atoms with Gasteiger partial charge in [0.1, 0.15) is 6.07 Å². The van der Waals surface area contributed by atoms with Crippen LogP contribution in [0, 0.1) is 11.3 Å². The Morgan fingerprint density at radius 1 is 1.21 bits per heavy atom. The zero-order valence-electron chi connectivity index (χ0n) is 16.2. The second-order valence-corrected chi connectivity index (χ2v) is 6.26. The number of furan rings is 1. The molecule has 28 heavy (non-hydrogen) atoms. The molecule has 0 radical (unpaired) electrons. The van der Waals surface area contributed by atoms with Crippen LogP contribution in [0.3, 0.4) is 0 Å². The second-order valence-electron chi connectivity index (χ2n) is 6.26. The highest BCUT2D eigenvalue weighted by Gasteiger charge is 2.20. The average Bonchev–Trinajstić information content (AvgIpc) is 3.37. The summed E-state index contributed by atoms with van der Waals surface area (Å²) in [5.74, 6) is 2.36. The molecule has 0 aliphatic carbocycles. The Morgan fingerprint density at radius 3 is 2.61 bits per heavy atom. The maximum absolute atomic E-state index is 9.36. The Bertz CT molecular complexity index is 957. The molecule has 0 aliphatic rings. The van der Waals surface area contributed by atoms with E-state index in [1.807, 2.05) is 38.4 Å². The number of nitrogens with zero attached hydrogens (tertiary/aromatic N) is 3. The van der Waals surface area contributed by atoms with E-state index in [0.717, 1.165) is 5.56 Å². The summed E-state index contributed by atoms with van der Waals surface area (Å²) in [5.41, 5.74) is 1.20. The van der Waals surface area contributed by atoms with Crippen LogP contribution < -0.4 is 14.8 Å². The molecule has 146 valence electrons. The summed E-state index contributed by atoms with van der Waals surface area (Å²) in [5, 5.41) is 12.5. The molecule has 1 N–H and O–H groups in total. The predicted octanol–water partition coefficient (Wildman–Crippen LogP) is 3.54. The summed E-state index contributed by atoms with van der Waals surface area (Å²) in [7, 11) is 7.16. The first-order chi connectivity index (χ1) is 13.6. The third kappa shape index (κ3) is 3.94. The molecule has 0 saturated heterocycles. The van der Waals surface area contributed by atoms with Crippen LogP contribution in [0.1, 0.15) is 17.3 Å². The fourth-order valence-corrected chi connectivity index (χ4v) is 2.87. The van der Waals surface area contributed by atoms with Gasteiger partial charge in [-0.2, -0.15) is 10.2 Å². The molecule has 0 amide bonds. The lowest BCUT2D eigenvalue weighted by Crippen LogP contribution is -2.27. The van der Waals surface area contributed by atoms with Crippen LogP contribution in [0.25, 0.3) is 11.7 Å².